The Morgan fingerprint density at radius 2 is 2.00 bits per heavy atom. The molecule has 0 atom stereocenters. The van der Waals surface area contributed by atoms with Gasteiger partial charge in [0.05, 0.1) is 17.7 Å². The first kappa shape index (κ1) is 13.8. The van der Waals surface area contributed by atoms with E-state index in [0.29, 0.717) is 16.8 Å². The van der Waals surface area contributed by atoms with Crippen molar-refractivity contribution in [2.45, 2.75) is 6.42 Å². The fraction of sp³-hybridized carbons (Fsp3) is 0.125. The molecule has 20 heavy (non-hydrogen) atoms. The van der Waals surface area contributed by atoms with Crippen LogP contribution in [0.25, 0.3) is 0 Å². The summed E-state index contributed by atoms with van der Waals surface area (Å²) in [5.41, 5.74) is 1.59. The molecule has 0 aliphatic carbocycles. The number of halogens is 1. The summed E-state index contributed by atoms with van der Waals surface area (Å²) in [4.78, 5) is 13.6. The van der Waals surface area contributed by atoms with Crippen molar-refractivity contribution in [2.75, 3.05) is 11.9 Å². The van der Waals surface area contributed by atoms with Gasteiger partial charge in [0.1, 0.15) is 11.9 Å². The highest BCUT2D eigenvalue weighted by Gasteiger charge is 2.14. The van der Waals surface area contributed by atoms with Crippen molar-refractivity contribution in [3.05, 3.63) is 65.5 Å². The lowest BCUT2D eigenvalue weighted by atomic mass is 10.1. The van der Waals surface area contributed by atoms with Crippen molar-refractivity contribution in [2.24, 2.45) is 0 Å². The van der Waals surface area contributed by atoms with Crippen molar-refractivity contribution in [1.82, 2.24) is 0 Å². The van der Waals surface area contributed by atoms with Gasteiger partial charge in [0, 0.05) is 7.05 Å². The van der Waals surface area contributed by atoms with Crippen LogP contribution in [0.15, 0.2) is 48.5 Å². The third-order valence-electron chi connectivity index (χ3n) is 3.00. The van der Waals surface area contributed by atoms with Crippen LogP contribution in [-0.2, 0) is 11.2 Å². The smallest absolute Gasteiger partial charge is 0.231 e. The van der Waals surface area contributed by atoms with Gasteiger partial charge in [-0.15, -0.1) is 0 Å². The van der Waals surface area contributed by atoms with Crippen LogP contribution < -0.4 is 4.90 Å². The summed E-state index contributed by atoms with van der Waals surface area (Å²) in [6, 6.07) is 14.9. The Bertz CT molecular complexity index is 676. The van der Waals surface area contributed by atoms with Crippen LogP contribution in [0.4, 0.5) is 10.1 Å². The van der Waals surface area contributed by atoms with Gasteiger partial charge in [0.2, 0.25) is 5.91 Å². The predicted molar refractivity (Wildman–Crippen MR) is 74.7 cm³/mol. The second-order valence-electron chi connectivity index (χ2n) is 4.39. The van der Waals surface area contributed by atoms with Crippen LogP contribution in [0.1, 0.15) is 11.1 Å². The molecule has 100 valence electrons. The Labute approximate surface area is 116 Å². The van der Waals surface area contributed by atoms with Crippen LogP contribution in [0, 0.1) is 17.1 Å². The minimum Gasteiger partial charge on any atom is -0.314 e. The third kappa shape index (κ3) is 3.01. The minimum atomic E-state index is -0.365. The van der Waals surface area contributed by atoms with E-state index in [1.165, 1.54) is 17.0 Å². The zero-order valence-electron chi connectivity index (χ0n) is 11.0. The molecule has 3 nitrogen and oxygen atoms in total. The van der Waals surface area contributed by atoms with Gasteiger partial charge in [-0.1, -0.05) is 24.3 Å². The molecule has 0 spiro atoms. The van der Waals surface area contributed by atoms with Gasteiger partial charge in [0.25, 0.3) is 0 Å². The van der Waals surface area contributed by atoms with Gasteiger partial charge in [-0.3, -0.25) is 4.79 Å². The largest absolute Gasteiger partial charge is 0.314 e. The molecule has 1 amide bonds. The molecular weight excluding hydrogens is 255 g/mol. The van der Waals surface area contributed by atoms with Gasteiger partial charge in [-0.2, -0.15) is 5.26 Å². The number of nitriles is 1. The highest BCUT2D eigenvalue weighted by molar-refractivity contribution is 5.95. The third-order valence-corrected chi connectivity index (χ3v) is 3.00. The summed E-state index contributed by atoms with van der Waals surface area (Å²) in [5.74, 6) is -0.561. The predicted octanol–water partition coefficient (Wildman–Crippen LogP) is 2.90. The fourth-order valence-corrected chi connectivity index (χ4v) is 1.94. The lowest BCUT2D eigenvalue weighted by Crippen LogP contribution is -2.28. The first-order chi connectivity index (χ1) is 9.61. The van der Waals surface area contributed by atoms with Crippen LogP contribution in [0.5, 0.6) is 0 Å². The van der Waals surface area contributed by atoms with E-state index in [1.54, 1.807) is 43.4 Å². The standard InChI is InChI=1S/C16H13FN2O/c1-19(15-8-3-2-6-13(15)11-18)16(20)10-12-5-4-7-14(17)9-12/h2-9H,10H2,1H3. The van der Waals surface area contributed by atoms with Crippen molar-refractivity contribution in [3.8, 4) is 6.07 Å². The van der Waals surface area contributed by atoms with Crippen molar-refractivity contribution >= 4 is 11.6 Å². The van der Waals surface area contributed by atoms with Crippen LogP contribution in [-0.4, -0.2) is 13.0 Å². The molecule has 4 heteroatoms. The average Bonchev–Trinajstić information content (AvgIpc) is 2.46. The van der Waals surface area contributed by atoms with E-state index < -0.39 is 0 Å². The van der Waals surface area contributed by atoms with Gasteiger partial charge in [0.15, 0.2) is 0 Å². The van der Waals surface area contributed by atoms with E-state index in [1.807, 2.05) is 0 Å². The van der Waals surface area contributed by atoms with Crippen molar-refractivity contribution in [3.63, 3.8) is 0 Å². The van der Waals surface area contributed by atoms with Crippen LogP contribution >= 0.6 is 0 Å². The topological polar surface area (TPSA) is 44.1 Å². The molecule has 0 radical (unpaired) electrons. The second-order valence-corrected chi connectivity index (χ2v) is 4.39. The molecular formula is C16H13FN2O. The Balaban J connectivity index is 2.19. The molecule has 0 N–H and O–H groups in total. The van der Waals surface area contributed by atoms with E-state index in [0.717, 1.165) is 0 Å². The van der Waals surface area contributed by atoms with E-state index in [9.17, 15) is 9.18 Å². The Morgan fingerprint density at radius 1 is 1.25 bits per heavy atom. The quantitative estimate of drug-likeness (QED) is 0.859. The number of anilines is 1. The molecule has 0 saturated carbocycles. The van der Waals surface area contributed by atoms with E-state index in [4.69, 9.17) is 5.26 Å². The summed E-state index contributed by atoms with van der Waals surface area (Å²) in [7, 11) is 1.61. The Hall–Kier alpha value is -2.67. The van der Waals surface area contributed by atoms with Crippen molar-refractivity contribution < 1.29 is 9.18 Å². The molecule has 0 heterocycles. The number of para-hydroxylation sites is 1. The molecule has 2 rings (SSSR count). The molecule has 2 aromatic carbocycles. The first-order valence-electron chi connectivity index (χ1n) is 6.12. The first-order valence-corrected chi connectivity index (χ1v) is 6.12. The molecule has 0 fully saturated rings. The van der Waals surface area contributed by atoms with Crippen molar-refractivity contribution in [1.29, 1.82) is 5.26 Å². The molecule has 0 saturated heterocycles. The zero-order valence-corrected chi connectivity index (χ0v) is 11.0. The maximum absolute atomic E-state index is 13.1. The molecule has 0 aromatic heterocycles. The maximum Gasteiger partial charge on any atom is 0.231 e. The monoisotopic (exact) mass is 268 g/mol. The maximum atomic E-state index is 13.1. The second kappa shape index (κ2) is 5.98. The van der Waals surface area contributed by atoms with E-state index in [-0.39, 0.29) is 18.1 Å². The zero-order chi connectivity index (χ0) is 14.5. The number of carbonyl (C=O) groups is 1. The summed E-state index contributed by atoms with van der Waals surface area (Å²) in [5, 5.41) is 9.04. The minimum absolute atomic E-state index is 0.0913. The number of rotatable bonds is 3. The number of carbonyl (C=O) groups excluding carboxylic acids is 1. The fourth-order valence-electron chi connectivity index (χ4n) is 1.94. The number of benzene rings is 2. The SMILES string of the molecule is CN(C(=O)Cc1cccc(F)c1)c1ccccc1C#N. The molecule has 0 aliphatic heterocycles. The Morgan fingerprint density at radius 3 is 2.70 bits per heavy atom. The summed E-state index contributed by atoms with van der Waals surface area (Å²) >= 11 is 0. The van der Waals surface area contributed by atoms with Crippen LogP contribution in [0.3, 0.4) is 0 Å². The van der Waals surface area contributed by atoms with E-state index >= 15 is 0 Å². The normalized spacial score (nSPS) is 9.85. The molecule has 0 unspecified atom stereocenters. The van der Waals surface area contributed by atoms with Gasteiger partial charge in [-0.25, -0.2) is 4.39 Å². The number of nitrogens with zero attached hydrogens (tertiary/aromatic N) is 2. The number of amides is 1. The van der Waals surface area contributed by atoms with Gasteiger partial charge in [-0.05, 0) is 29.8 Å². The number of hydrogen-bond acceptors (Lipinski definition) is 2. The summed E-state index contributed by atoms with van der Waals surface area (Å²) in [6.45, 7) is 0. The molecule has 0 aliphatic rings. The highest BCUT2D eigenvalue weighted by atomic mass is 19.1. The van der Waals surface area contributed by atoms with Crippen LogP contribution in [0.2, 0.25) is 0 Å². The lowest BCUT2D eigenvalue weighted by Gasteiger charge is -2.18. The molecule has 2 aromatic rings. The molecule has 0 bridgehead atoms. The van der Waals surface area contributed by atoms with Gasteiger partial charge >= 0.3 is 0 Å². The van der Waals surface area contributed by atoms with Gasteiger partial charge < -0.3 is 4.90 Å². The number of hydrogen-bond donors (Lipinski definition) is 0. The summed E-state index contributed by atoms with van der Waals surface area (Å²) in [6.07, 6.45) is 0.0913. The average molecular weight is 268 g/mol. The number of likely N-dealkylation sites (N-methyl/N-ethyl adjacent to an activating group) is 1. The van der Waals surface area contributed by atoms with E-state index in [2.05, 4.69) is 6.07 Å². The summed E-state index contributed by atoms with van der Waals surface area (Å²) < 4.78 is 13.1. The Kier molecular flexibility index (Phi) is 4.11. The lowest BCUT2D eigenvalue weighted by molar-refractivity contribution is -0.117. The highest BCUT2D eigenvalue weighted by Crippen LogP contribution is 2.19.